The molecule has 0 fully saturated rings. The quantitative estimate of drug-likeness (QED) is 0.822. The average molecular weight is 252 g/mol. The number of methoxy groups -OCH3 is 1. The number of rotatable bonds is 5. The third-order valence-electron chi connectivity index (χ3n) is 2.59. The van der Waals surface area contributed by atoms with E-state index in [1.165, 1.54) is 7.11 Å². The lowest BCUT2D eigenvalue weighted by molar-refractivity contribution is -0.130. The van der Waals surface area contributed by atoms with Gasteiger partial charge in [0.05, 0.1) is 7.11 Å². The summed E-state index contributed by atoms with van der Waals surface area (Å²) in [5.41, 5.74) is 6.48. The molecule has 1 unspecified atom stereocenters. The molecule has 1 aromatic carbocycles. The molecule has 0 aliphatic heterocycles. The number of amides is 1. The number of hydrogen-bond donors (Lipinski definition) is 2. The number of nitrogens with two attached hydrogens (primary N) is 1. The zero-order valence-corrected chi connectivity index (χ0v) is 11.0. The van der Waals surface area contributed by atoms with Gasteiger partial charge < -0.3 is 20.5 Å². The maximum atomic E-state index is 11.7. The summed E-state index contributed by atoms with van der Waals surface area (Å²) < 4.78 is 5.02. The van der Waals surface area contributed by atoms with E-state index in [2.05, 4.69) is 0 Å². The van der Waals surface area contributed by atoms with E-state index < -0.39 is 0 Å². The molecule has 1 aromatic rings. The van der Waals surface area contributed by atoms with Gasteiger partial charge in [-0.15, -0.1) is 0 Å². The third-order valence-corrected chi connectivity index (χ3v) is 2.59. The first-order valence-electron chi connectivity index (χ1n) is 5.79. The second-order valence-electron chi connectivity index (χ2n) is 4.44. The fraction of sp³-hybridized carbons (Fsp3) is 0.462. The SMILES string of the molecule is COc1cc(CN(C)C(=O)CC(C)N)ccc1O. The van der Waals surface area contributed by atoms with Crippen molar-refractivity contribution in [1.82, 2.24) is 4.90 Å². The second kappa shape index (κ2) is 6.26. The monoisotopic (exact) mass is 252 g/mol. The Kier molecular flexibility index (Phi) is 4.97. The van der Waals surface area contributed by atoms with Crippen LogP contribution in [0.25, 0.3) is 0 Å². The fourth-order valence-electron chi connectivity index (χ4n) is 1.61. The van der Waals surface area contributed by atoms with Crippen LogP contribution in [0.1, 0.15) is 18.9 Å². The van der Waals surface area contributed by atoms with E-state index in [9.17, 15) is 9.90 Å². The molecular weight excluding hydrogens is 232 g/mol. The Hall–Kier alpha value is -1.75. The normalized spacial score (nSPS) is 12.0. The van der Waals surface area contributed by atoms with Crippen LogP contribution in [0.3, 0.4) is 0 Å². The molecule has 18 heavy (non-hydrogen) atoms. The molecule has 1 rings (SSSR count). The fourth-order valence-corrected chi connectivity index (χ4v) is 1.61. The second-order valence-corrected chi connectivity index (χ2v) is 4.44. The van der Waals surface area contributed by atoms with Crippen LogP contribution in [0.5, 0.6) is 11.5 Å². The van der Waals surface area contributed by atoms with Gasteiger partial charge in [-0.05, 0) is 24.6 Å². The molecule has 0 aliphatic carbocycles. The zero-order chi connectivity index (χ0) is 13.7. The number of phenolic OH excluding ortho intramolecular Hbond substituents is 1. The lowest BCUT2D eigenvalue weighted by Gasteiger charge is -2.19. The molecular formula is C13H20N2O3. The lowest BCUT2D eigenvalue weighted by Crippen LogP contribution is -2.31. The first kappa shape index (κ1) is 14.3. The van der Waals surface area contributed by atoms with Crippen molar-refractivity contribution in [2.45, 2.75) is 25.9 Å². The lowest BCUT2D eigenvalue weighted by atomic mass is 10.1. The van der Waals surface area contributed by atoms with E-state index in [4.69, 9.17) is 10.5 Å². The highest BCUT2D eigenvalue weighted by Gasteiger charge is 2.12. The van der Waals surface area contributed by atoms with Gasteiger partial charge in [0.25, 0.3) is 0 Å². The number of hydrogen-bond acceptors (Lipinski definition) is 4. The highest BCUT2D eigenvalue weighted by atomic mass is 16.5. The van der Waals surface area contributed by atoms with Crippen LogP contribution in [0.4, 0.5) is 0 Å². The Bertz CT molecular complexity index is 419. The summed E-state index contributed by atoms with van der Waals surface area (Å²) in [5.74, 6) is 0.489. The minimum absolute atomic E-state index is 0.00274. The highest BCUT2D eigenvalue weighted by molar-refractivity contribution is 5.76. The van der Waals surface area contributed by atoms with Crippen molar-refractivity contribution in [2.24, 2.45) is 5.73 Å². The van der Waals surface area contributed by atoms with Crippen LogP contribution in [0.2, 0.25) is 0 Å². The van der Waals surface area contributed by atoms with E-state index >= 15 is 0 Å². The Morgan fingerprint density at radius 2 is 2.22 bits per heavy atom. The topological polar surface area (TPSA) is 75.8 Å². The van der Waals surface area contributed by atoms with Crippen molar-refractivity contribution in [1.29, 1.82) is 0 Å². The molecule has 0 bridgehead atoms. The van der Waals surface area contributed by atoms with Crippen molar-refractivity contribution in [3.8, 4) is 11.5 Å². The number of nitrogens with zero attached hydrogens (tertiary/aromatic N) is 1. The van der Waals surface area contributed by atoms with Crippen molar-refractivity contribution in [2.75, 3.05) is 14.2 Å². The Morgan fingerprint density at radius 1 is 1.56 bits per heavy atom. The van der Waals surface area contributed by atoms with Crippen LogP contribution in [0.15, 0.2) is 18.2 Å². The summed E-state index contributed by atoms with van der Waals surface area (Å²) in [6.45, 7) is 2.26. The van der Waals surface area contributed by atoms with Crippen LogP contribution < -0.4 is 10.5 Å². The highest BCUT2D eigenvalue weighted by Crippen LogP contribution is 2.26. The molecule has 0 aliphatic rings. The number of ether oxygens (including phenoxy) is 1. The molecule has 1 amide bonds. The number of benzene rings is 1. The molecule has 100 valence electrons. The van der Waals surface area contributed by atoms with Gasteiger partial charge in [0, 0.05) is 26.1 Å². The summed E-state index contributed by atoms with van der Waals surface area (Å²) in [4.78, 5) is 13.4. The Morgan fingerprint density at radius 3 is 2.78 bits per heavy atom. The average Bonchev–Trinajstić information content (AvgIpc) is 2.30. The first-order chi connectivity index (χ1) is 8.43. The van der Waals surface area contributed by atoms with Gasteiger partial charge in [0.1, 0.15) is 0 Å². The molecule has 3 N–H and O–H groups in total. The van der Waals surface area contributed by atoms with Crippen molar-refractivity contribution < 1.29 is 14.6 Å². The molecule has 0 heterocycles. The van der Waals surface area contributed by atoms with Crippen LogP contribution >= 0.6 is 0 Å². The smallest absolute Gasteiger partial charge is 0.224 e. The summed E-state index contributed by atoms with van der Waals surface area (Å²) in [6, 6.07) is 4.88. The van der Waals surface area contributed by atoms with E-state index in [1.54, 1.807) is 37.1 Å². The molecule has 5 nitrogen and oxygen atoms in total. The summed E-state index contributed by atoms with van der Waals surface area (Å²) in [5, 5.41) is 9.48. The molecule has 0 saturated heterocycles. The molecule has 0 aromatic heterocycles. The predicted molar refractivity (Wildman–Crippen MR) is 69.4 cm³/mol. The van der Waals surface area contributed by atoms with Crippen LogP contribution in [-0.4, -0.2) is 36.1 Å². The van der Waals surface area contributed by atoms with E-state index in [1.807, 2.05) is 0 Å². The van der Waals surface area contributed by atoms with E-state index in [0.29, 0.717) is 18.7 Å². The van der Waals surface area contributed by atoms with Crippen LogP contribution in [-0.2, 0) is 11.3 Å². The minimum Gasteiger partial charge on any atom is -0.504 e. The number of carbonyl (C=O) groups excluding carboxylic acids is 1. The molecule has 0 spiro atoms. The minimum atomic E-state index is -0.144. The summed E-state index contributed by atoms with van der Waals surface area (Å²) in [7, 11) is 3.22. The van der Waals surface area contributed by atoms with Gasteiger partial charge in [0.15, 0.2) is 11.5 Å². The molecule has 5 heteroatoms. The van der Waals surface area contributed by atoms with Gasteiger partial charge in [-0.1, -0.05) is 6.07 Å². The third kappa shape index (κ3) is 3.92. The van der Waals surface area contributed by atoms with Crippen LogP contribution in [0, 0.1) is 0 Å². The standard InChI is InChI=1S/C13H20N2O3/c1-9(14)6-13(17)15(2)8-10-4-5-11(16)12(7-10)18-3/h4-5,7,9,16H,6,8,14H2,1-3H3. The van der Waals surface area contributed by atoms with Crippen molar-refractivity contribution in [3.05, 3.63) is 23.8 Å². The Balaban J connectivity index is 2.69. The maximum Gasteiger partial charge on any atom is 0.224 e. The predicted octanol–water partition coefficient (Wildman–Crippen LogP) is 1.10. The molecule has 0 saturated carbocycles. The summed E-state index contributed by atoms with van der Waals surface area (Å²) >= 11 is 0. The maximum absolute atomic E-state index is 11.7. The molecule has 1 atom stereocenters. The van der Waals surface area contributed by atoms with Gasteiger partial charge in [-0.3, -0.25) is 4.79 Å². The van der Waals surface area contributed by atoms with Gasteiger partial charge in [0.2, 0.25) is 5.91 Å². The van der Waals surface area contributed by atoms with Crippen molar-refractivity contribution in [3.63, 3.8) is 0 Å². The number of phenols is 1. The van der Waals surface area contributed by atoms with Gasteiger partial charge in [-0.25, -0.2) is 0 Å². The largest absolute Gasteiger partial charge is 0.504 e. The van der Waals surface area contributed by atoms with Crippen molar-refractivity contribution >= 4 is 5.91 Å². The van der Waals surface area contributed by atoms with E-state index in [0.717, 1.165) is 5.56 Å². The van der Waals surface area contributed by atoms with E-state index in [-0.39, 0.29) is 17.7 Å². The zero-order valence-electron chi connectivity index (χ0n) is 11.0. The molecule has 0 radical (unpaired) electrons. The van der Waals surface area contributed by atoms with Gasteiger partial charge in [-0.2, -0.15) is 0 Å². The number of carbonyl (C=O) groups is 1. The first-order valence-corrected chi connectivity index (χ1v) is 5.79. The Labute approximate surface area is 107 Å². The summed E-state index contributed by atoms with van der Waals surface area (Å²) in [6.07, 6.45) is 0.325. The van der Waals surface area contributed by atoms with Gasteiger partial charge >= 0.3 is 0 Å². The number of aromatic hydroxyl groups is 1.